The summed E-state index contributed by atoms with van der Waals surface area (Å²) in [5.74, 6) is -0.0605. The average molecular weight is 326 g/mol. The second-order valence-electron chi connectivity index (χ2n) is 6.77. The molecular formula is C20H39NO2. The lowest BCUT2D eigenvalue weighted by Gasteiger charge is -2.10. The first-order chi connectivity index (χ1) is 11.1. The van der Waals surface area contributed by atoms with Crippen molar-refractivity contribution < 1.29 is 9.90 Å². The Hall–Kier alpha value is -0.830. The second kappa shape index (κ2) is 16.0. The molecule has 0 heterocycles. The minimum atomic E-state index is -0.173. The van der Waals surface area contributed by atoms with Crippen LogP contribution in [0.25, 0.3) is 0 Å². The van der Waals surface area contributed by atoms with Gasteiger partial charge in [0.1, 0.15) is 0 Å². The zero-order valence-electron chi connectivity index (χ0n) is 15.7. The van der Waals surface area contributed by atoms with Crippen LogP contribution in [0.3, 0.4) is 0 Å². The van der Waals surface area contributed by atoms with Gasteiger partial charge in [-0.3, -0.25) is 4.79 Å². The molecule has 136 valence electrons. The van der Waals surface area contributed by atoms with E-state index in [9.17, 15) is 4.79 Å². The minimum Gasteiger partial charge on any atom is -0.394 e. The van der Waals surface area contributed by atoms with Crippen LogP contribution in [0.2, 0.25) is 0 Å². The molecule has 0 aromatic carbocycles. The molecule has 1 atom stereocenters. The topological polar surface area (TPSA) is 49.3 Å². The van der Waals surface area contributed by atoms with Gasteiger partial charge < -0.3 is 10.4 Å². The standard InChI is InChI=1S/C20H39NO2/c1-4-5-6-7-8-9-10-11-12-13-14-15-16-18(2)20(23)21-19(3)17-22/h16,19,22H,4-15,17H2,1-3H3,(H,21,23)/t19-/m0/s1. The molecule has 0 bridgehead atoms. The summed E-state index contributed by atoms with van der Waals surface area (Å²) in [5, 5.41) is 11.7. The minimum absolute atomic E-state index is 0.0162. The average Bonchev–Trinajstić information content (AvgIpc) is 2.55. The van der Waals surface area contributed by atoms with Crippen LogP contribution in [0.1, 0.15) is 97.8 Å². The van der Waals surface area contributed by atoms with Gasteiger partial charge in [-0.15, -0.1) is 0 Å². The number of allylic oxidation sites excluding steroid dienone is 1. The molecule has 23 heavy (non-hydrogen) atoms. The summed E-state index contributed by atoms with van der Waals surface area (Å²) in [7, 11) is 0. The molecule has 0 unspecified atom stereocenters. The Kier molecular flexibility index (Phi) is 15.5. The Labute approximate surface area is 143 Å². The van der Waals surface area contributed by atoms with Gasteiger partial charge in [-0.2, -0.15) is 0 Å². The van der Waals surface area contributed by atoms with E-state index >= 15 is 0 Å². The highest BCUT2D eigenvalue weighted by molar-refractivity contribution is 5.92. The fourth-order valence-electron chi connectivity index (χ4n) is 2.60. The van der Waals surface area contributed by atoms with Gasteiger partial charge in [0, 0.05) is 11.6 Å². The predicted molar refractivity (Wildman–Crippen MR) is 99.5 cm³/mol. The molecule has 0 rings (SSSR count). The number of hydrogen-bond donors (Lipinski definition) is 2. The summed E-state index contributed by atoms with van der Waals surface area (Å²) in [6, 6.07) is -0.173. The van der Waals surface area contributed by atoms with E-state index in [0.717, 1.165) is 18.4 Å². The Bertz CT molecular complexity index is 313. The summed E-state index contributed by atoms with van der Waals surface area (Å²) in [5.41, 5.74) is 0.761. The second-order valence-corrected chi connectivity index (χ2v) is 6.77. The van der Waals surface area contributed by atoms with Crippen LogP contribution in [0.15, 0.2) is 11.6 Å². The summed E-state index contributed by atoms with van der Waals surface area (Å²) < 4.78 is 0. The van der Waals surface area contributed by atoms with E-state index in [-0.39, 0.29) is 18.6 Å². The largest absolute Gasteiger partial charge is 0.394 e. The van der Waals surface area contributed by atoms with Crippen molar-refractivity contribution in [3.05, 3.63) is 11.6 Å². The maximum absolute atomic E-state index is 11.8. The van der Waals surface area contributed by atoms with E-state index in [1.165, 1.54) is 64.2 Å². The molecule has 0 aromatic heterocycles. The molecule has 0 radical (unpaired) electrons. The number of unbranched alkanes of at least 4 members (excludes halogenated alkanes) is 11. The van der Waals surface area contributed by atoms with Crippen molar-refractivity contribution in [3.63, 3.8) is 0 Å². The number of rotatable bonds is 15. The zero-order valence-corrected chi connectivity index (χ0v) is 15.7. The lowest BCUT2D eigenvalue weighted by atomic mass is 10.0. The first kappa shape index (κ1) is 22.2. The third kappa shape index (κ3) is 14.5. The molecule has 0 aromatic rings. The molecule has 3 nitrogen and oxygen atoms in total. The third-order valence-corrected chi connectivity index (χ3v) is 4.27. The van der Waals surface area contributed by atoms with Gasteiger partial charge in [0.25, 0.3) is 0 Å². The maximum Gasteiger partial charge on any atom is 0.246 e. The highest BCUT2D eigenvalue weighted by Gasteiger charge is 2.07. The van der Waals surface area contributed by atoms with Crippen molar-refractivity contribution in [1.29, 1.82) is 0 Å². The number of carbonyl (C=O) groups is 1. The number of aliphatic hydroxyl groups is 1. The van der Waals surface area contributed by atoms with Crippen molar-refractivity contribution in [2.75, 3.05) is 6.61 Å². The van der Waals surface area contributed by atoms with E-state index in [0.29, 0.717) is 0 Å². The molecule has 0 fully saturated rings. The smallest absolute Gasteiger partial charge is 0.246 e. The Morgan fingerprint density at radius 3 is 1.91 bits per heavy atom. The molecular weight excluding hydrogens is 286 g/mol. The predicted octanol–water partition coefficient (Wildman–Crippen LogP) is 5.13. The molecule has 0 aliphatic heterocycles. The molecule has 0 saturated carbocycles. The van der Waals surface area contributed by atoms with Crippen LogP contribution in [0.4, 0.5) is 0 Å². The lowest BCUT2D eigenvalue weighted by molar-refractivity contribution is -0.118. The van der Waals surface area contributed by atoms with Crippen LogP contribution >= 0.6 is 0 Å². The molecule has 3 heteroatoms. The molecule has 0 spiro atoms. The molecule has 0 aliphatic rings. The van der Waals surface area contributed by atoms with Crippen LogP contribution in [-0.2, 0) is 4.79 Å². The summed E-state index contributed by atoms with van der Waals surface area (Å²) in [4.78, 5) is 11.8. The normalized spacial score (nSPS) is 13.1. The summed E-state index contributed by atoms with van der Waals surface area (Å²) in [6.07, 6.45) is 17.8. The third-order valence-electron chi connectivity index (χ3n) is 4.27. The number of carbonyl (C=O) groups excluding carboxylic acids is 1. The molecule has 2 N–H and O–H groups in total. The van der Waals surface area contributed by atoms with Crippen LogP contribution in [0.5, 0.6) is 0 Å². The van der Waals surface area contributed by atoms with Crippen molar-refractivity contribution in [2.45, 2.75) is 104 Å². The Morgan fingerprint density at radius 1 is 0.957 bits per heavy atom. The van der Waals surface area contributed by atoms with Gasteiger partial charge in [0.2, 0.25) is 5.91 Å². The maximum atomic E-state index is 11.8. The van der Waals surface area contributed by atoms with Crippen molar-refractivity contribution in [1.82, 2.24) is 5.32 Å². The van der Waals surface area contributed by atoms with Gasteiger partial charge >= 0.3 is 0 Å². The quantitative estimate of drug-likeness (QED) is 0.324. The number of hydrogen-bond acceptors (Lipinski definition) is 2. The Morgan fingerprint density at radius 2 is 1.43 bits per heavy atom. The van der Waals surface area contributed by atoms with Gasteiger partial charge in [-0.05, 0) is 26.7 Å². The summed E-state index contributed by atoms with van der Waals surface area (Å²) >= 11 is 0. The van der Waals surface area contributed by atoms with Crippen LogP contribution < -0.4 is 5.32 Å². The molecule has 0 saturated heterocycles. The fourth-order valence-corrected chi connectivity index (χ4v) is 2.60. The van der Waals surface area contributed by atoms with E-state index in [1.54, 1.807) is 6.92 Å². The van der Waals surface area contributed by atoms with Gasteiger partial charge in [-0.1, -0.05) is 77.2 Å². The van der Waals surface area contributed by atoms with E-state index in [1.807, 2.05) is 13.0 Å². The lowest BCUT2D eigenvalue weighted by Crippen LogP contribution is -2.35. The van der Waals surface area contributed by atoms with E-state index in [2.05, 4.69) is 12.2 Å². The highest BCUT2D eigenvalue weighted by Crippen LogP contribution is 2.12. The van der Waals surface area contributed by atoms with Gasteiger partial charge in [0.15, 0.2) is 0 Å². The van der Waals surface area contributed by atoms with E-state index < -0.39 is 0 Å². The van der Waals surface area contributed by atoms with Gasteiger partial charge in [0.05, 0.1) is 6.61 Å². The van der Waals surface area contributed by atoms with Crippen molar-refractivity contribution in [3.8, 4) is 0 Å². The number of aliphatic hydroxyl groups excluding tert-OH is 1. The van der Waals surface area contributed by atoms with Crippen molar-refractivity contribution >= 4 is 5.91 Å². The van der Waals surface area contributed by atoms with Crippen LogP contribution in [-0.4, -0.2) is 23.7 Å². The number of nitrogens with one attached hydrogen (secondary N) is 1. The SMILES string of the molecule is CCCCCCCCCCCCCC=C(C)C(=O)N[C@@H](C)CO. The van der Waals surface area contributed by atoms with Crippen LogP contribution in [0, 0.1) is 0 Å². The Balaban J connectivity index is 3.44. The molecule has 0 aliphatic carbocycles. The molecule has 1 amide bonds. The zero-order chi connectivity index (χ0) is 17.3. The highest BCUT2D eigenvalue weighted by atomic mass is 16.3. The van der Waals surface area contributed by atoms with Crippen molar-refractivity contribution in [2.24, 2.45) is 0 Å². The first-order valence-electron chi connectivity index (χ1n) is 9.70. The monoisotopic (exact) mass is 325 g/mol. The first-order valence-corrected chi connectivity index (χ1v) is 9.70. The van der Waals surface area contributed by atoms with E-state index in [4.69, 9.17) is 5.11 Å². The van der Waals surface area contributed by atoms with Gasteiger partial charge in [-0.25, -0.2) is 0 Å². The number of amides is 1. The summed E-state index contributed by atoms with van der Waals surface area (Å²) in [6.45, 7) is 5.89. The fraction of sp³-hybridized carbons (Fsp3) is 0.850.